The smallest absolute Gasteiger partial charge is 0.237 e. The zero-order chi connectivity index (χ0) is 21.3. The molecule has 0 amide bonds. The average Bonchev–Trinajstić information content (AvgIpc) is 3.10. The van der Waals surface area contributed by atoms with Crippen molar-refractivity contribution in [3.8, 4) is 17.0 Å². The van der Waals surface area contributed by atoms with Crippen LogP contribution in [0.1, 0.15) is 11.1 Å². The Kier molecular flexibility index (Phi) is 5.40. The van der Waals surface area contributed by atoms with Gasteiger partial charge in [0.15, 0.2) is 0 Å². The maximum absolute atomic E-state index is 12.7. The summed E-state index contributed by atoms with van der Waals surface area (Å²) in [6, 6.07) is 16.1. The topological polar surface area (TPSA) is 72.7 Å². The van der Waals surface area contributed by atoms with Crippen molar-refractivity contribution >= 4 is 33.0 Å². The van der Waals surface area contributed by atoms with Crippen LogP contribution < -0.4 is 9.46 Å². The zero-order valence-corrected chi connectivity index (χ0v) is 18.0. The van der Waals surface area contributed by atoms with E-state index in [4.69, 9.17) is 16.3 Å². The van der Waals surface area contributed by atoms with Crippen LogP contribution in [0.15, 0.2) is 67.0 Å². The number of nitrogens with one attached hydrogen (secondary N) is 1. The number of pyridine rings is 1. The first-order valence-corrected chi connectivity index (χ1v) is 11.2. The summed E-state index contributed by atoms with van der Waals surface area (Å²) in [7, 11) is -2.18. The number of anilines is 1. The molecular weight excluding hydrogens is 422 g/mol. The van der Waals surface area contributed by atoms with E-state index in [-0.39, 0.29) is 5.75 Å². The number of sulfonamides is 1. The summed E-state index contributed by atoms with van der Waals surface area (Å²) < 4.78 is 35.4. The molecule has 4 aromatic rings. The highest BCUT2D eigenvalue weighted by molar-refractivity contribution is 7.91. The van der Waals surface area contributed by atoms with Crippen molar-refractivity contribution < 1.29 is 13.2 Å². The lowest BCUT2D eigenvalue weighted by Gasteiger charge is -2.13. The number of halogens is 1. The number of aryl methyl sites for hydroxylation is 1. The molecule has 0 fully saturated rings. The number of hydrogen-bond acceptors (Lipinski definition) is 4. The van der Waals surface area contributed by atoms with E-state index in [1.165, 1.54) is 7.11 Å². The number of nitrogens with zero attached hydrogens (tertiary/aromatic N) is 2. The predicted molar refractivity (Wildman–Crippen MR) is 120 cm³/mol. The summed E-state index contributed by atoms with van der Waals surface area (Å²) in [6.45, 7) is 2.01. The number of methoxy groups -OCH3 is 1. The van der Waals surface area contributed by atoms with Crippen LogP contribution in [0.4, 0.5) is 5.69 Å². The van der Waals surface area contributed by atoms with Crippen molar-refractivity contribution in [2.45, 2.75) is 12.7 Å². The number of hydrogen-bond donors (Lipinski definition) is 1. The fourth-order valence-electron chi connectivity index (χ4n) is 3.22. The average molecular weight is 442 g/mol. The Hall–Kier alpha value is -3.03. The Balaban J connectivity index is 1.66. The van der Waals surface area contributed by atoms with Crippen LogP contribution in [0.5, 0.6) is 5.75 Å². The van der Waals surface area contributed by atoms with Gasteiger partial charge in [0, 0.05) is 23.0 Å². The van der Waals surface area contributed by atoms with E-state index >= 15 is 0 Å². The first-order chi connectivity index (χ1) is 14.3. The fraction of sp³-hybridized carbons (Fsp3) is 0.136. The Bertz CT molecular complexity index is 1330. The number of benzene rings is 2. The first kappa shape index (κ1) is 20.3. The molecule has 0 aliphatic rings. The van der Waals surface area contributed by atoms with Gasteiger partial charge in [-0.25, -0.2) is 13.4 Å². The van der Waals surface area contributed by atoms with Gasteiger partial charge in [0.2, 0.25) is 10.0 Å². The molecule has 2 aromatic heterocycles. The Morgan fingerprint density at radius 1 is 1.13 bits per heavy atom. The highest BCUT2D eigenvalue weighted by Gasteiger charge is 2.16. The fourth-order valence-corrected chi connectivity index (χ4v) is 4.62. The molecule has 2 heterocycles. The molecule has 0 radical (unpaired) electrons. The van der Waals surface area contributed by atoms with E-state index in [1.807, 2.05) is 41.9 Å². The van der Waals surface area contributed by atoms with E-state index in [0.717, 1.165) is 22.5 Å². The molecule has 6 nitrogen and oxygen atoms in total. The lowest BCUT2D eigenvalue weighted by molar-refractivity contribution is 0.417. The molecule has 4 rings (SSSR count). The zero-order valence-electron chi connectivity index (χ0n) is 16.5. The number of fused-ring (bicyclic) bond motifs is 1. The summed E-state index contributed by atoms with van der Waals surface area (Å²) in [4.78, 5) is 4.64. The van der Waals surface area contributed by atoms with Gasteiger partial charge in [0.05, 0.1) is 24.2 Å². The van der Waals surface area contributed by atoms with Crippen molar-refractivity contribution in [1.82, 2.24) is 9.38 Å². The summed E-state index contributed by atoms with van der Waals surface area (Å²) in [5.41, 5.74) is 4.40. The normalized spacial score (nSPS) is 11.6. The third kappa shape index (κ3) is 4.42. The molecule has 0 spiro atoms. The summed E-state index contributed by atoms with van der Waals surface area (Å²) in [5.74, 6) is 0.224. The summed E-state index contributed by atoms with van der Waals surface area (Å²) in [6.07, 6.45) is 3.85. The highest BCUT2D eigenvalue weighted by Crippen LogP contribution is 2.31. The number of imidazole rings is 1. The largest absolute Gasteiger partial charge is 0.495 e. The van der Waals surface area contributed by atoms with Crippen molar-refractivity contribution in [3.05, 3.63) is 83.1 Å². The third-order valence-corrected chi connectivity index (χ3v) is 6.10. The van der Waals surface area contributed by atoms with Gasteiger partial charge in [-0.1, -0.05) is 23.7 Å². The van der Waals surface area contributed by atoms with Gasteiger partial charge in [-0.3, -0.25) is 4.72 Å². The molecular formula is C22H20ClN3O3S. The monoisotopic (exact) mass is 441 g/mol. The van der Waals surface area contributed by atoms with Gasteiger partial charge in [0.25, 0.3) is 0 Å². The standard InChI is InChI=1S/C22H20ClN3O3S/c1-15-8-9-26-13-20(24-22(26)10-15)17-6-7-21(29-2)19(12-17)25-30(27,28)14-16-4-3-5-18(23)11-16/h3-13,25H,14H2,1-2H3. The molecule has 30 heavy (non-hydrogen) atoms. The summed E-state index contributed by atoms with van der Waals surface area (Å²) >= 11 is 5.97. The highest BCUT2D eigenvalue weighted by atomic mass is 35.5. The molecule has 0 unspecified atom stereocenters. The van der Waals surface area contributed by atoms with Crippen LogP contribution in [-0.2, 0) is 15.8 Å². The van der Waals surface area contributed by atoms with Crippen molar-refractivity contribution in [3.63, 3.8) is 0 Å². The van der Waals surface area contributed by atoms with Crippen LogP contribution in [0.3, 0.4) is 0 Å². The van der Waals surface area contributed by atoms with Crippen molar-refractivity contribution in [2.24, 2.45) is 0 Å². The van der Waals surface area contributed by atoms with Crippen LogP contribution >= 0.6 is 11.6 Å². The minimum absolute atomic E-state index is 0.200. The SMILES string of the molecule is COc1ccc(-c2cn3ccc(C)cc3n2)cc1NS(=O)(=O)Cc1cccc(Cl)c1. The first-order valence-electron chi connectivity index (χ1n) is 9.22. The molecule has 0 saturated heterocycles. The molecule has 8 heteroatoms. The minimum atomic E-state index is -3.68. The quantitative estimate of drug-likeness (QED) is 0.461. The Morgan fingerprint density at radius 3 is 2.73 bits per heavy atom. The molecule has 1 N–H and O–H groups in total. The van der Waals surface area contributed by atoms with Gasteiger partial charge in [-0.15, -0.1) is 0 Å². The Labute approximate surface area is 180 Å². The van der Waals surface area contributed by atoms with Crippen LogP contribution in [0.25, 0.3) is 16.9 Å². The number of aromatic nitrogens is 2. The molecule has 0 bridgehead atoms. The molecule has 2 aromatic carbocycles. The van der Waals surface area contributed by atoms with Crippen LogP contribution in [-0.4, -0.2) is 24.9 Å². The van der Waals surface area contributed by atoms with E-state index in [9.17, 15) is 8.42 Å². The molecule has 0 atom stereocenters. The molecule has 154 valence electrons. The van der Waals surface area contributed by atoms with Crippen molar-refractivity contribution in [1.29, 1.82) is 0 Å². The van der Waals surface area contributed by atoms with Crippen LogP contribution in [0, 0.1) is 6.92 Å². The van der Waals surface area contributed by atoms with Crippen molar-refractivity contribution in [2.75, 3.05) is 11.8 Å². The van der Waals surface area contributed by atoms with Gasteiger partial charge in [-0.2, -0.15) is 0 Å². The lowest BCUT2D eigenvalue weighted by atomic mass is 10.1. The second-order valence-corrected chi connectivity index (χ2v) is 9.16. The lowest BCUT2D eigenvalue weighted by Crippen LogP contribution is -2.15. The van der Waals surface area contributed by atoms with Gasteiger partial charge >= 0.3 is 0 Å². The van der Waals surface area contributed by atoms with E-state index < -0.39 is 10.0 Å². The van der Waals surface area contributed by atoms with Crippen LogP contribution in [0.2, 0.25) is 5.02 Å². The molecule has 0 aliphatic heterocycles. The predicted octanol–water partition coefficient (Wildman–Crippen LogP) is 4.91. The maximum atomic E-state index is 12.7. The van der Waals surface area contributed by atoms with Gasteiger partial charge in [-0.05, 0) is 60.5 Å². The molecule has 0 aliphatic carbocycles. The van der Waals surface area contributed by atoms with Gasteiger partial charge < -0.3 is 9.14 Å². The molecule has 0 saturated carbocycles. The number of ether oxygens (including phenoxy) is 1. The third-order valence-electron chi connectivity index (χ3n) is 4.62. The van der Waals surface area contributed by atoms with E-state index in [0.29, 0.717) is 22.0 Å². The second kappa shape index (κ2) is 8.01. The Morgan fingerprint density at radius 2 is 1.97 bits per heavy atom. The summed E-state index contributed by atoms with van der Waals surface area (Å²) in [5, 5.41) is 0.490. The second-order valence-electron chi connectivity index (χ2n) is 7.00. The maximum Gasteiger partial charge on any atom is 0.237 e. The minimum Gasteiger partial charge on any atom is -0.495 e. The van der Waals surface area contributed by atoms with E-state index in [2.05, 4.69) is 9.71 Å². The van der Waals surface area contributed by atoms with E-state index in [1.54, 1.807) is 36.4 Å². The van der Waals surface area contributed by atoms with Gasteiger partial charge in [0.1, 0.15) is 11.4 Å². The number of rotatable bonds is 6.